The highest BCUT2D eigenvalue weighted by Crippen LogP contribution is 2.34. The van der Waals surface area contributed by atoms with Crippen LogP contribution < -0.4 is 10.6 Å². The first-order valence-electron chi connectivity index (χ1n) is 12.5. The van der Waals surface area contributed by atoms with Gasteiger partial charge < -0.3 is 5.73 Å². The number of pyridine rings is 2. The molecule has 0 unspecified atom stereocenters. The average molecular weight is 535 g/mol. The van der Waals surface area contributed by atoms with Crippen LogP contribution in [0.15, 0.2) is 73.2 Å². The van der Waals surface area contributed by atoms with Gasteiger partial charge in [0.2, 0.25) is 5.91 Å². The van der Waals surface area contributed by atoms with E-state index < -0.39 is 17.8 Å². The van der Waals surface area contributed by atoms with Crippen LogP contribution in [0.1, 0.15) is 58.5 Å². The number of anilines is 1. The molecule has 1 saturated carbocycles. The van der Waals surface area contributed by atoms with Crippen molar-refractivity contribution in [3.05, 3.63) is 90.0 Å². The van der Waals surface area contributed by atoms with Crippen LogP contribution in [0.3, 0.4) is 0 Å². The molecule has 0 aliphatic heterocycles. The maximum absolute atomic E-state index is 13.9. The van der Waals surface area contributed by atoms with Crippen LogP contribution in [0.5, 0.6) is 0 Å². The Morgan fingerprint density at radius 1 is 0.949 bits per heavy atom. The second-order valence-electron chi connectivity index (χ2n) is 9.35. The number of alkyl halides is 3. The van der Waals surface area contributed by atoms with E-state index in [1.807, 2.05) is 0 Å². The van der Waals surface area contributed by atoms with Gasteiger partial charge in [0.15, 0.2) is 0 Å². The number of carbonyl (C=O) groups is 2. The summed E-state index contributed by atoms with van der Waals surface area (Å²) in [7, 11) is 0. The van der Waals surface area contributed by atoms with Crippen molar-refractivity contribution in [3.63, 3.8) is 0 Å². The first-order chi connectivity index (χ1) is 18.7. The number of rotatable bonds is 6. The molecule has 0 spiro atoms. The van der Waals surface area contributed by atoms with E-state index in [-0.39, 0.29) is 34.5 Å². The minimum atomic E-state index is -4.67. The fraction of sp³-hybridized carbons (Fsp3) is 0.250. The zero-order chi connectivity index (χ0) is 27.6. The molecule has 39 heavy (non-hydrogen) atoms. The highest BCUT2D eigenvalue weighted by Gasteiger charge is 2.37. The van der Waals surface area contributed by atoms with E-state index in [0.717, 1.165) is 42.9 Å². The number of nitrogens with zero attached hydrogens (tertiary/aromatic N) is 5. The Hall–Kier alpha value is -4.54. The molecule has 8 nitrogen and oxygen atoms in total. The molecule has 5 rings (SSSR count). The molecule has 1 fully saturated rings. The van der Waals surface area contributed by atoms with E-state index in [9.17, 15) is 22.8 Å². The van der Waals surface area contributed by atoms with Gasteiger partial charge in [0.1, 0.15) is 11.5 Å². The SMILES string of the molecule is NC(=O)c1cccc(C(=O)N(c2ccc(-n3nc(-c4cccnc4)cc3C(F)(F)F)cn2)C2CCCCC2)c1. The third-order valence-electron chi connectivity index (χ3n) is 6.73. The summed E-state index contributed by atoms with van der Waals surface area (Å²) in [5.74, 6) is -0.714. The number of nitrogens with two attached hydrogens (primary N) is 1. The fourth-order valence-corrected chi connectivity index (χ4v) is 4.82. The van der Waals surface area contributed by atoms with E-state index >= 15 is 0 Å². The van der Waals surface area contributed by atoms with Gasteiger partial charge in [0, 0.05) is 35.1 Å². The molecule has 11 heteroatoms. The number of aromatic nitrogens is 4. The lowest BCUT2D eigenvalue weighted by atomic mass is 9.93. The summed E-state index contributed by atoms with van der Waals surface area (Å²) < 4.78 is 42.5. The third-order valence-corrected chi connectivity index (χ3v) is 6.73. The predicted molar refractivity (Wildman–Crippen MR) is 138 cm³/mol. The second-order valence-corrected chi connectivity index (χ2v) is 9.35. The van der Waals surface area contributed by atoms with Gasteiger partial charge in [0.25, 0.3) is 5.91 Å². The van der Waals surface area contributed by atoms with Crippen LogP contribution in [0, 0.1) is 0 Å². The Bertz CT molecular complexity index is 1480. The van der Waals surface area contributed by atoms with E-state index in [4.69, 9.17) is 5.73 Å². The molecular formula is C28H25F3N6O2. The van der Waals surface area contributed by atoms with Crippen molar-refractivity contribution < 1.29 is 22.8 Å². The summed E-state index contributed by atoms with van der Waals surface area (Å²) in [4.78, 5) is 35.3. The van der Waals surface area contributed by atoms with Crippen molar-refractivity contribution in [1.82, 2.24) is 19.7 Å². The van der Waals surface area contributed by atoms with Crippen LogP contribution in [-0.2, 0) is 6.18 Å². The molecule has 2 amide bonds. The van der Waals surface area contributed by atoms with Gasteiger partial charge in [-0.15, -0.1) is 0 Å². The van der Waals surface area contributed by atoms with Crippen molar-refractivity contribution in [2.75, 3.05) is 4.90 Å². The second kappa shape index (κ2) is 10.7. The molecule has 0 saturated heterocycles. The minimum absolute atomic E-state index is 0.0907. The molecule has 200 valence electrons. The predicted octanol–water partition coefficient (Wildman–Crippen LogP) is 5.43. The fourth-order valence-electron chi connectivity index (χ4n) is 4.82. The molecule has 1 aromatic carbocycles. The zero-order valence-electron chi connectivity index (χ0n) is 20.8. The average Bonchev–Trinajstić information content (AvgIpc) is 3.41. The van der Waals surface area contributed by atoms with Crippen molar-refractivity contribution in [3.8, 4) is 16.9 Å². The summed E-state index contributed by atoms with van der Waals surface area (Å²) in [6, 6.07) is 13.2. The van der Waals surface area contributed by atoms with Crippen LogP contribution in [-0.4, -0.2) is 37.6 Å². The lowest BCUT2D eigenvalue weighted by Crippen LogP contribution is -2.42. The van der Waals surface area contributed by atoms with Crippen LogP contribution in [0.4, 0.5) is 19.0 Å². The Morgan fingerprint density at radius 2 is 1.72 bits per heavy atom. The first kappa shape index (κ1) is 26.1. The number of amides is 2. The number of hydrogen-bond donors (Lipinski definition) is 1. The van der Waals surface area contributed by atoms with E-state index in [1.54, 1.807) is 29.2 Å². The molecule has 3 heterocycles. The Kier molecular flexibility index (Phi) is 7.14. The smallest absolute Gasteiger partial charge is 0.366 e. The largest absolute Gasteiger partial charge is 0.433 e. The van der Waals surface area contributed by atoms with Gasteiger partial charge in [-0.25, -0.2) is 9.67 Å². The van der Waals surface area contributed by atoms with E-state index in [0.29, 0.717) is 11.4 Å². The zero-order valence-corrected chi connectivity index (χ0v) is 20.8. The molecule has 0 bridgehead atoms. The summed E-state index contributed by atoms with van der Waals surface area (Å²) in [5, 5.41) is 4.18. The summed E-state index contributed by atoms with van der Waals surface area (Å²) >= 11 is 0. The minimum Gasteiger partial charge on any atom is -0.366 e. The molecular weight excluding hydrogens is 509 g/mol. The van der Waals surface area contributed by atoms with Crippen molar-refractivity contribution in [1.29, 1.82) is 0 Å². The van der Waals surface area contributed by atoms with Crippen LogP contribution >= 0.6 is 0 Å². The highest BCUT2D eigenvalue weighted by molar-refractivity contribution is 6.07. The Morgan fingerprint density at radius 3 is 2.36 bits per heavy atom. The molecule has 4 aromatic rings. The normalized spacial score (nSPS) is 14.2. The lowest BCUT2D eigenvalue weighted by Gasteiger charge is -2.33. The summed E-state index contributed by atoms with van der Waals surface area (Å²) in [6.07, 6.45) is 4.02. The maximum atomic E-state index is 13.9. The van der Waals surface area contributed by atoms with Crippen molar-refractivity contribution >= 4 is 17.6 Å². The molecule has 1 aliphatic carbocycles. The quantitative estimate of drug-likeness (QED) is 0.355. The number of carbonyl (C=O) groups excluding carboxylic acids is 2. The Balaban J connectivity index is 1.52. The maximum Gasteiger partial charge on any atom is 0.433 e. The number of halogens is 3. The van der Waals surface area contributed by atoms with E-state index in [2.05, 4.69) is 15.1 Å². The molecule has 2 N–H and O–H groups in total. The number of primary amides is 1. The van der Waals surface area contributed by atoms with Gasteiger partial charge in [-0.1, -0.05) is 25.3 Å². The van der Waals surface area contributed by atoms with Gasteiger partial charge in [-0.2, -0.15) is 18.3 Å². The molecule has 0 radical (unpaired) electrons. The van der Waals surface area contributed by atoms with Gasteiger partial charge in [0.05, 0.1) is 17.6 Å². The summed E-state index contributed by atoms with van der Waals surface area (Å²) in [6.45, 7) is 0. The summed E-state index contributed by atoms with van der Waals surface area (Å²) in [5.41, 5.74) is 5.57. The number of benzene rings is 1. The molecule has 0 atom stereocenters. The van der Waals surface area contributed by atoms with Gasteiger partial charge >= 0.3 is 6.18 Å². The first-order valence-corrected chi connectivity index (χ1v) is 12.5. The van der Waals surface area contributed by atoms with Crippen LogP contribution in [0.25, 0.3) is 16.9 Å². The molecule has 1 aliphatic rings. The standard InChI is InChI=1S/C28H25F3N6O2/c29-28(30,31)24-15-23(20-8-5-13-33-16-20)35-37(24)22-11-12-25(34-17-22)36(21-9-2-1-3-10-21)27(39)19-7-4-6-18(14-19)26(32)38/h4-8,11-17,21H,1-3,9-10H2,(H2,32,38). The number of hydrogen-bond acceptors (Lipinski definition) is 5. The topological polar surface area (TPSA) is 107 Å². The lowest BCUT2D eigenvalue weighted by molar-refractivity contribution is -0.142. The monoisotopic (exact) mass is 534 g/mol. The van der Waals surface area contributed by atoms with Gasteiger partial charge in [-0.3, -0.25) is 19.5 Å². The third kappa shape index (κ3) is 5.52. The van der Waals surface area contributed by atoms with Crippen molar-refractivity contribution in [2.24, 2.45) is 5.73 Å². The van der Waals surface area contributed by atoms with Crippen molar-refractivity contribution in [2.45, 2.75) is 44.3 Å². The molecule has 3 aromatic heterocycles. The highest BCUT2D eigenvalue weighted by atomic mass is 19.4. The Labute approximate surface area is 222 Å². The van der Waals surface area contributed by atoms with E-state index in [1.165, 1.54) is 42.9 Å². The van der Waals surface area contributed by atoms with Crippen LogP contribution in [0.2, 0.25) is 0 Å². The van der Waals surface area contributed by atoms with Gasteiger partial charge in [-0.05, 0) is 61.4 Å².